The number of carboxylic acids is 1. The van der Waals surface area contributed by atoms with Crippen LogP contribution in [-0.4, -0.2) is 32.9 Å². The zero-order valence-corrected chi connectivity index (χ0v) is 10.6. The van der Waals surface area contributed by atoms with Gasteiger partial charge in [0.15, 0.2) is 0 Å². The molecule has 0 atom stereocenters. The normalized spacial score (nSPS) is 10.5. The predicted molar refractivity (Wildman–Crippen MR) is 62.5 cm³/mol. The quantitative estimate of drug-likeness (QED) is 0.892. The van der Waals surface area contributed by atoms with Crippen LogP contribution in [-0.2, 0) is 16.1 Å². The summed E-state index contributed by atoms with van der Waals surface area (Å²) in [4.78, 5) is 14.2. The first-order valence-electron chi connectivity index (χ1n) is 4.88. The second kappa shape index (κ2) is 5.69. The van der Waals surface area contributed by atoms with Crippen LogP contribution in [0.3, 0.4) is 0 Å². The van der Waals surface area contributed by atoms with Crippen LogP contribution < -0.4 is 0 Å². The lowest BCUT2D eigenvalue weighted by molar-refractivity contribution is -0.142. The molecule has 0 aliphatic heterocycles. The lowest BCUT2D eigenvalue weighted by Crippen LogP contribution is -2.06. The summed E-state index contributed by atoms with van der Waals surface area (Å²) in [5, 5.41) is 16.0. The summed E-state index contributed by atoms with van der Waals surface area (Å²) >= 11 is 3.28. The zero-order chi connectivity index (χ0) is 13.0. The number of pyridine rings is 1. The van der Waals surface area contributed by atoms with Gasteiger partial charge in [0.2, 0.25) is 11.8 Å². The van der Waals surface area contributed by atoms with Gasteiger partial charge in [-0.1, -0.05) is 0 Å². The van der Waals surface area contributed by atoms with Gasteiger partial charge < -0.3 is 14.3 Å². The fourth-order valence-corrected chi connectivity index (χ4v) is 1.55. The molecule has 0 saturated heterocycles. The molecule has 94 valence electrons. The van der Waals surface area contributed by atoms with Crippen LogP contribution >= 0.6 is 15.9 Å². The number of ether oxygens (including phenoxy) is 1. The first-order chi connectivity index (χ1) is 8.65. The average Bonchev–Trinajstić information content (AvgIpc) is 2.77. The number of hydrogen-bond acceptors (Lipinski definition) is 6. The highest BCUT2D eigenvalue weighted by molar-refractivity contribution is 9.10. The lowest BCUT2D eigenvalue weighted by atomic mass is 10.3. The number of aliphatic carboxylic acids is 1. The maximum Gasteiger partial charge on any atom is 0.329 e. The van der Waals surface area contributed by atoms with E-state index in [-0.39, 0.29) is 12.5 Å². The Morgan fingerprint density at radius 3 is 3.00 bits per heavy atom. The monoisotopic (exact) mass is 313 g/mol. The minimum atomic E-state index is -1.05. The van der Waals surface area contributed by atoms with E-state index in [4.69, 9.17) is 14.3 Å². The molecule has 2 rings (SSSR count). The Hall–Kier alpha value is -1.80. The summed E-state index contributed by atoms with van der Waals surface area (Å²) in [5.74, 6) is -0.533. The van der Waals surface area contributed by atoms with Crippen molar-refractivity contribution in [3.63, 3.8) is 0 Å². The van der Waals surface area contributed by atoms with Crippen LogP contribution in [0.4, 0.5) is 0 Å². The van der Waals surface area contributed by atoms with Crippen molar-refractivity contribution < 1.29 is 19.1 Å². The molecule has 0 aliphatic rings. The van der Waals surface area contributed by atoms with Crippen molar-refractivity contribution in [2.75, 3.05) is 6.61 Å². The highest BCUT2D eigenvalue weighted by Crippen LogP contribution is 2.20. The van der Waals surface area contributed by atoms with Gasteiger partial charge in [0.25, 0.3) is 0 Å². The Morgan fingerprint density at radius 2 is 2.28 bits per heavy atom. The van der Waals surface area contributed by atoms with Crippen molar-refractivity contribution in [2.45, 2.75) is 6.61 Å². The van der Waals surface area contributed by atoms with E-state index in [1.165, 1.54) is 0 Å². The maximum absolute atomic E-state index is 10.2. The van der Waals surface area contributed by atoms with Gasteiger partial charge in [-0.05, 0) is 22.0 Å². The number of aromatic nitrogens is 3. The van der Waals surface area contributed by atoms with Crippen molar-refractivity contribution in [3.8, 4) is 11.5 Å². The van der Waals surface area contributed by atoms with Crippen LogP contribution in [0.5, 0.6) is 0 Å². The topological polar surface area (TPSA) is 98.3 Å². The molecule has 8 heteroatoms. The Balaban J connectivity index is 2.04. The first kappa shape index (κ1) is 12.7. The van der Waals surface area contributed by atoms with Gasteiger partial charge in [0, 0.05) is 16.9 Å². The molecule has 18 heavy (non-hydrogen) atoms. The van der Waals surface area contributed by atoms with Gasteiger partial charge in [-0.3, -0.25) is 4.98 Å². The van der Waals surface area contributed by atoms with Crippen LogP contribution in [0, 0.1) is 0 Å². The molecule has 0 spiro atoms. The predicted octanol–water partition coefficient (Wildman–Crippen LogP) is 1.50. The fourth-order valence-electron chi connectivity index (χ4n) is 1.18. The van der Waals surface area contributed by atoms with Crippen LogP contribution in [0.1, 0.15) is 5.89 Å². The number of carbonyl (C=O) groups is 1. The van der Waals surface area contributed by atoms with Crippen molar-refractivity contribution in [1.82, 2.24) is 15.2 Å². The van der Waals surface area contributed by atoms with Crippen LogP contribution in [0.25, 0.3) is 11.5 Å². The van der Waals surface area contributed by atoms with Crippen molar-refractivity contribution in [2.24, 2.45) is 0 Å². The number of nitrogens with zero attached hydrogens (tertiary/aromatic N) is 3. The molecule has 0 bridgehead atoms. The minimum absolute atomic E-state index is 0.0409. The zero-order valence-electron chi connectivity index (χ0n) is 9.04. The SMILES string of the molecule is O=C(O)COCc1nnc(-c2cncc(Br)c2)o1. The third-order valence-corrected chi connectivity index (χ3v) is 2.30. The highest BCUT2D eigenvalue weighted by atomic mass is 79.9. The molecule has 2 heterocycles. The average molecular weight is 314 g/mol. The Bertz CT molecular complexity index is 558. The fraction of sp³-hybridized carbons (Fsp3) is 0.200. The van der Waals surface area contributed by atoms with Gasteiger partial charge in [-0.2, -0.15) is 0 Å². The van der Waals surface area contributed by atoms with Crippen molar-refractivity contribution in [3.05, 3.63) is 28.8 Å². The van der Waals surface area contributed by atoms with Gasteiger partial charge >= 0.3 is 5.97 Å². The largest absolute Gasteiger partial charge is 0.480 e. The molecule has 2 aromatic rings. The van der Waals surface area contributed by atoms with Gasteiger partial charge in [-0.25, -0.2) is 4.79 Å². The van der Waals surface area contributed by atoms with Gasteiger partial charge in [0.1, 0.15) is 13.2 Å². The standard InChI is InChI=1S/C10H8BrN3O4/c11-7-1-6(2-12-3-7)10-14-13-8(18-10)4-17-5-9(15)16/h1-3H,4-5H2,(H,15,16). The minimum Gasteiger partial charge on any atom is -0.480 e. The van der Waals surface area contributed by atoms with E-state index >= 15 is 0 Å². The van der Waals surface area contributed by atoms with E-state index in [1.807, 2.05) is 0 Å². The summed E-state index contributed by atoms with van der Waals surface area (Å²) in [6.07, 6.45) is 3.22. The van der Waals surface area contributed by atoms with Crippen LogP contribution in [0.2, 0.25) is 0 Å². The number of rotatable bonds is 5. The lowest BCUT2D eigenvalue weighted by Gasteiger charge is -1.96. The molecular weight excluding hydrogens is 306 g/mol. The van der Waals surface area contributed by atoms with E-state index in [1.54, 1.807) is 18.5 Å². The van der Waals surface area contributed by atoms with Gasteiger partial charge in [-0.15, -0.1) is 10.2 Å². The summed E-state index contributed by atoms with van der Waals surface area (Å²) < 4.78 is 10.9. The van der Waals surface area contributed by atoms with Crippen molar-refractivity contribution >= 4 is 21.9 Å². The number of hydrogen-bond donors (Lipinski definition) is 1. The first-order valence-corrected chi connectivity index (χ1v) is 5.67. The Labute approximate surface area is 110 Å². The third-order valence-electron chi connectivity index (χ3n) is 1.87. The highest BCUT2D eigenvalue weighted by Gasteiger charge is 2.09. The van der Waals surface area contributed by atoms with E-state index in [0.717, 1.165) is 4.47 Å². The molecule has 1 N–H and O–H groups in total. The number of halogens is 1. The maximum atomic E-state index is 10.2. The smallest absolute Gasteiger partial charge is 0.329 e. The Kier molecular flexibility index (Phi) is 4.00. The second-order valence-electron chi connectivity index (χ2n) is 3.28. The summed E-state index contributed by atoms with van der Waals surface area (Å²) in [5.41, 5.74) is 0.668. The summed E-state index contributed by atoms with van der Waals surface area (Å²) in [6.45, 7) is -0.448. The molecular formula is C10H8BrN3O4. The molecule has 0 saturated carbocycles. The third kappa shape index (κ3) is 3.34. The van der Waals surface area contributed by atoms with E-state index in [9.17, 15) is 4.79 Å². The molecule has 2 aromatic heterocycles. The summed E-state index contributed by atoms with van der Waals surface area (Å²) in [6, 6.07) is 1.78. The Morgan fingerprint density at radius 1 is 1.44 bits per heavy atom. The molecule has 0 unspecified atom stereocenters. The second-order valence-corrected chi connectivity index (χ2v) is 4.20. The molecule has 0 aromatic carbocycles. The van der Waals surface area contributed by atoms with Crippen molar-refractivity contribution in [1.29, 1.82) is 0 Å². The van der Waals surface area contributed by atoms with E-state index < -0.39 is 12.6 Å². The molecule has 0 fully saturated rings. The molecule has 7 nitrogen and oxygen atoms in total. The molecule has 0 aliphatic carbocycles. The van der Waals surface area contributed by atoms with Crippen LogP contribution in [0.15, 0.2) is 27.3 Å². The molecule has 0 radical (unpaired) electrons. The molecule has 0 amide bonds. The van der Waals surface area contributed by atoms with E-state index in [2.05, 4.69) is 31.1 Å². The van der Waals surface area contributed by atoms with E-state index in [0.29, 0.717) is 11.5 Å². The number of carboxylic acid groups (broad SMARTS) is 1. The van der Waals surface area contributed by atoms with Gasteiger partial charge in [0.05, 0.1) is 5.56 Å². The summed E-state index contributed by atoms with van der Waals surface area (Å²) in [7, 11) is 0.